The highest BCUT2D eigenvalue weighted by atomic mass is 16.5. The molecule has 3 fully saturated rings. The lowest BCUT2D eigenvalue weighted by Gasteiger charge is -2.54. The molecule has 0 N–H and O–H groups in total. The molecule has 0 spiro atoms. The van der Waals surface area contributed by atoms with Gasteiger partial charge in [-0.2, -0.15) is 10.5 Å². The normalized spacial score (nSPS) is 23.3. The lowest BCUT2D eigenvalue weighted by Crippen LogP contribution is -2.44. The predicted molar refractivity (Wildman–Crippen MR) is 138 cm³/mol. The summed E-state index contributed by atoms with van der Waals surface area (Å²) in [6.07, 6.45) is 14.7. The Kier molecular flexibility index (Phi) is 7.63. The van der Waals surface area contributed by atoms with Crippen molar-refractivity contribution < 1.29 is 4.74 Å². The third-order valence-electron chi connectivity index (χ3n) is 8.64. The standard InChI is InChI=1S/C31H38N2O/c1-3-5-7-14-30-15-18-31(19-16-30,20-17-30)29-13-12-26(27(22-32)28(29)23-33)24-8-10-25(11-9-24)34-21-6-4-2/h8-13H,3-7,14-21H2,1-2H3. The molecular weight excluding hydrogens is 416 g/mol. The average molecular weight is 455 g/mol. The molecule has 2 aromatic carbocycles. The molecule has 0 heterocycles. The van der Waals surface area contributed by atoms with Gasteiger partial charge < -0.3 is 4.74 Å². The van der Waals surface area contributed by atoms with Gasteiger partial charge in [0.05, 0.1) is 17.7 Å². The number of nitrogens with zero attached hydrogens (tertiary/aromatic N) is 2. The van der Waals surface area contributed by atoms with Crippen LogP contribution in [0.4, 0.5) is 0 Å². The summed E-state index contributed by atoms with van der Waals surface area (Å²) in [5.74, 6) is 0.846. The summed E-state index contributed by atoms with van der Waals surface area (Å²) < 4.78 is 5.79. The molecule has 2 bridgehead atoms. The summed E-state index contributed by atoms with van der Waals surface area (Å²) in [6, 6.07) is 17.0. The van der Waals surface area contributed by atoms with Gasteiger partial charge in [0, 0.05) is 5.56 Å². The summed E-state index contributed by atoms with van der Waals surface area (Å²) in [6.45, 7) is 5.14. The highest BCUT2D eigenvalue weighted by Crippen LogP contribution is 2.60. The van der Waals surface area contributed by atoms with E-state index in [1.807, 2.05) is 24.3 Å². The fourth-order valence-electron chi connectivity index (χ4n) is 6.37. The summed E-state index contributed by atoms with van der Waals surface area (Å²) in [7, 11) is 0. The molecule has 3 aliphatic rings. The molecule has 3 aliphatic carbocycles. The van der Waals surface area contributed by atoms with E-state index < -0.39 is 0 Å². The van der Waals surface area contributed by atoms with Gasteiger partial charge in [-0.15, -0.1) is 0 Å². The maximum absolute atomic E-state index is 10.2. The van der Waals surface area contributed by atoms with Gasteiger partial charge in [0.2, 0.25) is 0 Å². The quantitative estimate of drug-likeness (QED) is 0.338. The van der Waals surface area contributed by atoms with Crippen LogP contribution >= 0.6 is 0 Å². The third kappa shape index (κ3) is 4.72. The third-order valence-corrected chi connectivity index (χ3v) is 8.64. The van der Waals surface area contributed by atoms with Crippen molar-refractivity contribution in [2.75, 3.05) is 6.61 Å². The first-order valence-corrected chi connectivity index (χ1v) is 13.3. The second-order valence-electron chi connectivity index (χ2n) is 10.6. The van der Waals surface area contributed by atoms with Crippen molar-refractivity contribution in [1.29, 1.82) is 10.5 Å². The van der Waals surface area contributed by atoms with Gasteiger partial charge in [-0.05, 0) is 85.5 Å². The van der Waals surface area contributed by atoms with Crippen molar-refractivity contribution in [3.63, 3.8) is 0 Å². The van der Waals surface area contributed by atoms with Gasteiger partial charge in [-0.1, -0.05) is 63.8 Å². The summed E-state index contributed by atoms with van der Waals surface area (Å²) in [5.41, 5.74) is 4.66. The van der Waals surface area contributed by atoms with E-state index in [1.54, 1.807) is 0 Å². The number of benzene rings is 2. The molecule has 0 atom stereocenters. The molecular formula is C31H38N2O. The highest BCUT2D eigenvalue weighted by Gasteiger charge is 2.49. The van der Waals surface area contributed by atoms with Crippen LogP contribution in [0, 0.1) is 28.1 Å². The number of hydrogen-bond acceptors (Lipinski definition) is 3. The first-order valence-electron chi connectivity index (χ1n) is 13.3. The fourth-order valence-corrected chi connectivity index (χ4v) is 6.37. The van der Waals surface area contributed by atoms with Gasteiger partial charge in [0.1, 0.15) is 17.9 Å². The zero-order valence-corrected chi connectivity index (χ0v) is 21.0. The van der Waals surface area contributed by atoms with E-state index in [4.69, 9.17) is 4.74 Å². The number of fused-ring (bicyclic) bond motifs is 3. The van der Waals surface area contributed by atoms with Crippen molar-refractivity contribution in [1.82, 2.24) is 0 Å². The largest absolute Gasteiger partial charge is 0.494 e. The Hall–Kier alpha value is -2.78. The Morgan fingerprint density at radius 1 is 0.765 bits per heavy atom. The van der Waals surface area contributed by atoms with Gasteiger partial charge in [-0.25, -0.2) is 0 Å². The number of unbranched alkanes of at least 4 members (excludes halogenated alkanes) is 3. The first-order chi connectivity index (χ1) is 16.6. The van der Waals surface area contributed by atoms with Crippen LogP contribution in [0.2, 0.25) is 0 Å². The van der Waals surface area contributed by atoms with Crippen LogP contribution in [0.1, 0.15) is 108 Å². The minimum atomic E-state index is 0.0681. The zero-order chi connectivity index (χ0) is 24.0. The molecule has 0 amide bonds. The maximum Gasteiger partial charge on any atom is 0.119 e. The van der Waals surface area contributed by atoms with Crippen molar-refractivity contribution in [2.24, 2.45) is 5.41 Å². The minimum absolute atomic E-state index is 0.0681. The molecule has 0 unspecified atom stereocenters. The molecule has 5 rings (SSSR count). The van der Waals surface area contributed by atoms with Crippen LogP contribution in [0.25, 0.3) is 11.1 Å². The monoisotopic (exact) mass is 454 g/mol. The van der Waals surface area contributed by atoms with Gasteiger partial charge in [-0.3, -0.25) is 0 Å². The Morgan fingerprint density at radius 2 is 1.41 bits per heavy atom. The number of nitriles is 2. The zero-order valence-electron chi connectivity index (χ0n) is 21.0. The van der Waals surface area contributed by atoms with Crippen molar-refractivity contribution >= 4 is 0 Å². The SMILES string of the molecule is CCCCCC12CCC(c3ccc(-c4ccc(OCCCC)cc4)c(C#N)c3C#N)(CC1)CC2. The Morgan fingerprint density at radius 3 is 2.00 bits per heavy atom. The van der Waals surface area contributed by atoms with E-state index in [2.05, 4.69) is 38.1 Å². The Balaban J connectivity index is 1.59. The van der Waals surface area contributed by atoms with Crippen LogP contribution in [0.15, 0.2) is 36.4 Å². The van der Waals surface area contributed by atoms with Crippen molar-refractivity contribution in [3.8, 4) is 29.0 Å². The van der Waals surface area contributed by atoms with E-state index in [-0.39, 0.29) is 5.41 Å². The van der Waals surface area contributed by atoms with Crippen LogP contribution in [0.5, 0.6) is 5.75 Å². The lowest BCUT2D eigenvalue weighted by molar-refractivity contribution is 0.0304. The van der Waals surface area contributed by atoms with E-state index in [0.29, 0.717) is 23.1 Å². The molecule has 34 heavy (non-hydrogen) atoms. The van der Waals surface area contributed by atoms with Crippen LogP contribution in [0.3, 0.4) is 0 Å². The minimum Gasteiger partial charge on any atom is -0.494 e. The second kappa shape index (κ2) is 10.7. The summed E-state index contributed by atoms with van der Waals surface area (Å²) in [4.78, 5) is 0. The van der Waals surface area contributed by atoms with E-state index in [1.165, 1.54) is 44.9 Å². The van der Waals surface area contributed by atoms with Crippen molar-refractivity contribution in [2.45, 2.75) is 96.3 Å². The van der Waals surface area contributed by atoms with Crippen LogP contribution in [-0.4, -0.2) is 6.61 Å². The highest BCUT2D eigenvalue weighted by molar-refractivity contribution is 5.75. The number of rotatable bonds is 10. The Bertz CT molecular complexity index is 1050. The lowest BCUT2D eigenvalue weighted by atomic mass is 9.50. The van der Waals surface area contributed by atoms with E-state index >= 15 is 0 Å². The molecule has 0 aliphatic heterocycles. The van der Waals surface area contributed by atoms with Gasteiger partial charge in [0.25, 0.3) is 0 Å². The molecule has 3 heteroatoms. The molecule has 2 aromatic rings. The molecule has 178 valence electrons. The van der Waals surface area contributed by atoms with Gasteiger partial charge in [0.15, 0.2) is 0 Å². The topological polar surface area (TPSA) is 56.8 Å². The van der Waals surface area contributed by atoms with E-state index in [9.17, 15) is 10.5 Å². The average Bonchev–Trinajstić information content (AvgIpc) is 2.89. The Labute approximate surface area is 205 Å². The first kappa shape index (κ1) is 24.3. The number of ether oxygens (including phenoxy) is 1. The molecule has 0 aromatic heterocycles. The number of hydrogen-bond donors (Lipinski definition) is 0. The van der Waals surface area contributed by atoms with E-state index in [0.717, 1.165) is 54.5 Å². The molecule has 3 saturated carbocycles. The van der Waals surface area contributed by atoms with Crippen LogP contribution < -0.4 is 4.74 Å². The second-order valence-corrected chi connectivity index (χ2v) is 10.6. The van der Waals surface area contributed by atoms with Crippen molar-refractivity contribution in [3.05, 3.63) is 53.1 Å². The fraction of sp³-hybridized carbons (Fsp3) is 0.548. The maximum atomic E-state index is 10.2. The molecule has 3 nitrogen and oxygen atoms in total. The summed E-state index contributed by atoms with van der Waals surface area (Å²) >= 11 is 0. The molecule has 0 radical (unpaired) electrons. The predicted octanol–water partition coefficient (Wildman–Crippen LogP) is 8.45. The molecule has 0 saturated heterocycles. The smallest absolute Gasteiger partial charge is 0.119 e. The summed E-state index contributed by atoms with van der Waals surface area (Å²) in [5, 5.41) is 20.3. The van der Waals surface area contributed by atoms with Crippen LogP contribution in [-0.2, 0) is 5.41 Å². The van der Waals surface area contributed by atoms with Gasteiger partial charge >= 0.3 is 0 Å².